The summed E-state index contributed by atoms with van der Waals surface area (Å²) in [5.41, 5.74) is 1.67. The Hall–Kier alpha value is -2.17. The van der Waals surface area contributed by atoms with E-state index in [1.54, 1.807) is 12.1 Å². The van der Waals surface area contributed by atoms with Crippen molar-refractivity contribution in [1.29, 1.82) is 0 Å². The highest BCUT2D eigenvalue weighted by molar-refractivity contribution is 5.57. The molecule has 0 saturated heterocycles. The molecule has 112 valence electrons. The third kappa shape index (κ3) is 5.02. The van der Waals surface area contributed by atoms with Crippen LogP contribution in [0.3, 0.4) is 0 Å². The predicted molar refractivity (Wildman–Crippen MR) is 84.4 cm³/mol. The minimum absolute atomic E-state index is 0.254. The number of nitrogens with zero attached hydrogens (tertiary/aromatic N) is 2. The largest absolute Gasteiger partial charge is 0.354 e. The Balaban J connectivity index is 2.05. The summed E-state index contributed by atoms with van der Waals surface area (Å²) in [6.07, 6.45) is 1.07. The van der Waals surface area contributed by atoms with E-state index in [1.807, 2.05) is 13.0 Å². The standard InChI is InChI=1S/C16H21FN4/c1-11(2)8-9-18-16-19-12(3)10-15(21-16)20-14-6-4-13(17)5-7-14/h4-7,10-11H,8-9H2,1-3H3,(H2,18,19,20,21). The molecule has 0 amide bonds. The number of halogens is 1. The summed E-state index contributed by atoms with van der Waals surface area (Å²) in [5, 5.41) is 6.38. The molecule has 2 N–H and O–H groups in total. The molecule has 1 aromatic carbocycles. The van der Waals surface area contributed by atoms with Gasteiger partial charge in [-0.15, -0.1) is 0 Å². The molecule has 0 fully saturated rings. The fourth-order valence-electron chi connectivity index (χ4n) is 1.87. The molecule has 2 rings (SSSR count). The van der Waals surface area contributed by atoms with Crippen LogP contribution in [0.4, 0.5) is 21.8 Å². The second-order valence-corrected chi connectivity index (χ2v) is 5.46. The Morgan fingerprint density at radius 2 is 1.86 bits per heavy atom. The van der Waals surface area contributed by atoms with E-state index in [0.29, 0.717) is 17.7 Å². The van der Waals surface area contributed by atoms with Crippen LogP contribution in [0.2, 0.25) is 0 Å². The Morgan fingerprint density at radius 3 is 2.52 bits per heavy atom. The van der Waals surface area contributed by atoms with Crippen LogP contribution in [-0.4, -0.2) is 16.5 Å². The van der Waals surface area contributed by atoms with E-state index in [0.717, 1.165) is 24.3 Å². The highest BCUT2D eigenvalue weighted by Gasteiger charge is 2.03. The van der Waals surface area contributed by atoms with Crippen molar-refractivity contribution >= 4 is 17.5 Å². The number of rotatable bonds is 6. The SMILES string of the molecule is Cc1cc(Nc2ccc(F)cc2)nc(NCCC(C)C)n1. The molecule has 0 radical (unpaired) electrons. The van der Waals surface area contributed by atoms with Crippen molar-refractivity contribution in [3.8, 4) is 0 Å². The van der Waals surface area contributed by atoms with Crippen molar-refractivity contribution < 1.29 is 4.39 Å². The lowest BCUT2D eigenvalue weighted by Gasteiger charge is -2.10. The number of aromatic nitrogens is 2. The Morgan fingerprint density at radius 1 is 1.14 bits per heavy atom. The predicted octanol–water partition coefficient (Wildman–Crippen LogP) is 4.13. The van der Waals surface area contributed by atoms with Crippen LogP contribution in [0.1, 0.15) is 26.0 Å². The molecule has 1 heterocycles. The molecule has 0 unspecified atom stereocenters. The molecule has 4 nitrogen and oxygen atoms in total. The van der Waals surface area contributed by atoms with Crippen LogP contribution in [0.5, 0.6) is 0 Å². The summed E-state index contributed by atoms with van der Waals surface area (Å²) in [6, 6.07) is 8.05. The fraction of sp³-hybridized carbons (Fsp3) is 0.375. The summed E-state index contributed by atoms with van der Waals surface area (Å²) in [4.78, 5) is 8.79. The molecule has 2 aromatic rings. The van der Waals surface area contributed by atoms with Gasteiger partial charge in [0.05, 0.1) is 0 Å². The third-order valence-corrected chi connectivity index (χ3v) is 2.98. The van der Waals surface area contributed by atoms with E-state index in [1.165, 1.54) is 12.1 Å². The third-order valence-electron chi connectivity index (χ3n) is 2.98. The lowest BCUT2D eigenvalue weighted by atomic mass is 10.1. The van der Waals surface area contributed by atoms with Gasteiger partial charge in [-0.1, -0.05) is 13.8 Å². The normalized spacial score (nSPS) is 10.7. The van der Waals surface area contributed by atoms with Crippen LogP contribution in [0.15, 0.2) is 30.3 Å². The van der Waals surface area contributed by atoms with Gasteiger partial charge >= 0.3 is 0 Å². The quantitative estimate of drug-likeness (QED) is 0.839. The minimum Gasteiger partial charge on any atom is -0.354 e. The zero-order chi connectivity index (χ0) is 15.2. The van der Waals surface area contributed by atoms with Crippen LogP contribution in [0.25, 0.3) is 0 Å². The first-order chi connectivity index (χ1) is 10.0. The van der Waals surface area contributed by atoms with Gasteiger partial charge in [0.15, 0.2) is 0 Å². The van der Waals surface area contributed by atoms with Gasteiger partial charge in [0, 0.05) is 24.0 Å². The van der Waals surface area contributed by atoms with Gasteiger partial charge in [-0.05, 0) is 43.5 Å². The maximum Gasteiger partial charge on any atom is 0.224 e. The van der Waals surface area contributed by atoms with Crippen molar-refractivity contribution in [2.24, 2.45) is 5.92 Å². The first-order valence-electron chi connectivity index (χ1n) is 7.15. The summed E-state index contributed by atoms with van der Waals surface area (Å²) in [5.74, 6) is 1.69. The van der Waals surface area contributed by atoms with Crippen LogP contribution < -0.4 is 10.6 Å². The molecular weight excluding hydrogens is 267 g/mol. The molecule has 0 saturated carbocycles. The molecule has 0 aliphatic heterocycles. The molecule has 0 bridgehead atoms. The smallest absolute Gasteiger partial charge is 0.224 e. The Bertz CT molecular complexity index is 581. The molecular formula is C16H21FN4. The number of anilines is 3. The fourth-order valence-corrected chi connectivity index (χ4v) is 1.87. The van der Waals surface area contributed by atoms with E-state index < -0.39 is 0 Å². The number of nitrogens with one attached hydrogen (secondary N) is 2. The average molecular weight is 288 g/mol. The molecule has 0 aliphatic rings. The summed E-state index contributed by atoms with van der Waals surface area (Å²) >= 11 is 0. The topological polar surface area (TPSA) is 49.8 Å². The Labute approximate surface area is 124 Å². The lowest BCUT2D eigenvalue weighted by Crippen LogP contribution is -2.09. The van der Waals surface area contributed by atoms with Gasteiger partial charge < -0.3 is 10.6 Å². The second kappa shape index (κ2) is 7.02. The van der Waals surface area contributed by atoms with Gasteiger partial charge in [-0.2, -0.15) is 4.98 Å². The van der Waals surface area contributed by atoms with Crippen LogP contribution in [0, 0.1) is 18.7 Å². The van der Waals surface area contributed by atoms with E-state index in [9.17, 15) is 4.39 Å². The van der Waals surface area contributed by atoms with Gasteiger partial charge in [-0.3, -0.25) is 0 Å². The van der Waals surface area contributed by atoms with E-state index in [4.69, 9.17) is 0 Å². The monoisotopic (exact) mass is 288 g/mol. The van der Waals surface area contributed by atoms with Gasteiger partial charge in [0.1, 0.15) is 11.6 Å². The molecule has 1 aromatic heterocycles. The van der Waals surface area contributed by atoms with E-state index in [-0.39, 0.29) is 5.82 Å². The van der Waals surface area contributed by atoms with Crippen molar-refractivity contribution in [3.05, 3.63) is 41.8 Å². The number of benzene rings is 1. The Kier molecular flexibility index (Phi) is 5.09. The second-order valence-electron chi connectivity index (χ2n) is 5.46. The van der Waals surface area contributed by atoms with E-state index in [2.05, 4.69) is 34.4 Å². The molecule has 5 heteroatoms. The number of aryl methyl sites for hydroxylation is 1. The van der Waals surface area contributed by atoms with Crippen molar-refractivity contribution in [2.75, 3.05) is 17.2 Å². The molecule has 21 heavy (non-hydrogen) atoms. The average Bonchev–Trinajstić information content (AvgIpc) is 2.40. The first-order valence-corrected chi connectivity index (χ1v) is 7.15. The lowest BCUT2D eigenvalue weighted by molar-refractivity contribution is 0.606. The molecule has 0 spiro atoms. The molecule has 0 atom stereocenters. The van der Waals surface area contributed by atoms with Crippen molar-refractivity contribution in [1.82, 2.24) is 9.97 Å². The summed E-state index contributed by atoms with van der Waals surface area (Å²) in [6.45, 7) is 7.13. The maximum absolute atomic E-state index is 12.9. The van der Waals surface area contributed by atoms with Crippen LogP contribution >= 0.6 is 0 Å². The number of hydrogen-bond donors (Lipinski definition) is 2. The zero-order valence-electron chi connectivity index (χ0n) is 12.7. The summed E-state index contributed by atoms with van der Waals surface area (Å²) in [7, 11) is 0. The van der Waals surface area contributed by atoms with Crippen molar-refractivity contribution in [2.45, 2.75) is 27.2 Å². The van der Waals surface area contributed by atoms with Gasteiger partial charge in [-0.25, -0.2) is 9.37 Å². The maximum atomic E-state index is 12.9. The molecule has 0 aliphatic carbocycles. The highest BCUT2D eigenvalue weighted by Crippen LogP contribution is 2.17. The zero-order valence-corrected chi connectivity index (χ0v) is 12.7. The summed E-state index contributed by atoms with van der Waals surface area (Å²) < 4.78 is 12.9. The van der Waals surface area contributed by atoms with Gasteiger partial charge in [0.2, 0.25) is 5.95 Å². The van der Waals surface area contributed by atoms with Crippen molar-refractivity contribution in [3.63, 3.8) is 0 Å². The number of hydrogen-bond acceptors (Lipinski definition) is 4. The minimum atomic E-state index is -0.254. The van der Waals surface area contributed by atoms with Crippen LogP contribution in [-0.2, 0) is 0 Å². The van der Waals surface area contributed by atoms with E-state index >= 15 is 0 Å². The first kappa shape index (κ1) is 15.2. The highest BCUT2D eigenvalue weighted by atomic mass is 19.1. The van der Waals surface area contributed by atoms with Gasteiger partial charge in [0.25, 0.3) is 0 Å².